The normalized spacial score (nSPS) is 11.2. The van der Waals surface area contributed by atoms with Crippen LogP contribution in [-0.2, 0) is 18.3 Å². The number of aryl methyl sites for hydroxylation is 1. The summed E-state index contributed by atoms with van der Waals surface area (Å²) in [5, 5.41) is 14.8. The SMILES string of the molecule is CN(C)CCOCCNCc1nnn(C)n1. The Morgan fingerprint density at radius 3 is 2.81 bits per heavy atom. The van der Waals surface area contributed by atoms with Crippen LogP contribution in [0.3, 0.4) is 0 Å². The fraction of sp³-hybridized carbons (Fsp3) is 0.889. The molecule has 0 aliphatic rings. The molecule has 0 aromatic carbocycles. The highest BCUT2D eigenvalue weighted by molar-refractivity contribution is 4.74. The minimum Gasteiger partial charge on any atom is -0.379 e. The summed E-state index contributed by atoms with van der Waals surface area (Å²) >= 11 is 0. The summed E-state index contributed by atoms with van der Waals surface area (Å²) in [5.74, 6) is 0.704. The van der Waals surface area contributed by atoms with E-state index in [1.807, 2.05) is 14.1 Å². The fourth-order valence-corrected chi connectivity index (χ4v) is 1.09. The maximum Gasteiger partial charge on any atom is 0.188 e. The van der Waals surface area contributed by atoms with E-state index < -0.39 is 0 Å². The molecule has 0 atom stereocenters. The van der Waals surface area contributed by atoms with E-state index >= 15 is 0 Å². The Bertz CT molecular complexity index is 287. The number of tetrazole rings is 1. The van der Waals surface area contributed by atoms with Crippen molar-refractivity contribution in [3.05, 3.63) is 5.82 Å². The van der Waals surface area contributed by atoms with Crippen LogP contribution in [0.5, 0.6) is 0 Å². The average Bonchev–Trinajstić information content (AvgIpc) is 2.62. The summed E-state index contributed by atoms with van der Waals surface area (Å²) < 4.78 is 5.42. The Morgan fingerprint density at radius 1 is 1.38 bits per heavy atom. The first-order valence-corrected chi connectivity index (χ1v) is 5.34. The fourth-order valence-electron chi connectivity index (χ4n) is 1.09. The van der Waals surface area contributed by atoms with Gasteiger partial charge >= 0.3 is 0 Å². The molecule has 1 aromatic heterocycles. The summed E-state index contributed by atoms with van der Waals surface area (Å²) in [6.45, 7) is 3.84. The molecular weight excluding hydrogens is 208 g/mol. The van der Waals surface area contributed by atoms with Gasteiger partial charge in [-0.2, -0.15) is 4.80 Å². The maximum atomic E-state index is 5.42. The molecule has 7 nitrogen and oxygen atoms in total. The summed E-state index contributed by atoms with van der Waals surface area (Å²) in [7, 11) is 5.81. The van der Waals surface area contributed by atoms with Gasteiger partial charge in [-0.15, -0.1) is 10.2 Å². The third-order valence-electron chi connectivity index (χ3n) is 1.94. The smallest absolute Gasteiger partial charge is 0.188 e. The summed E-state index contributed by atoms with van der Waals surface area (Å²) in [6, 6.07) is 0. The van der Waals surface area contributed by atoms with Crippen molar-refractivity contribution in [3.63, 3.8) is 0 Å². The van der Waals surface area contributed by atoms with E-state index in [9.17, 15) is 0 Å². The zero-order chi connectivity index (χ0) is 11.8. The van der Waals surface area contributed by atoms with E-state index in [0.717, 1.165) is 19.7 Å². The van der Waals surface area contributed by atoms with Crippen LogP contribution in [0.15, 0.2) is 0 Å². The van der Waals surface area contributed by atoms with E-state index in [2.05, 4.69) is 25.6 Å². The van der Waals surface area contributed by atoms with E-state index in [4.69, 9.17) is 4.74 Å². The molecule has 0 unspecified atom stereocenters. The molecule has 0 bridgehead atoms. The van der Waals surface area contributed by atoms with Crippen LogP contribution in [0.1, 0.15) is 5.82 Å². The zero-order valence-corrected chi connectivity index (χ0v) is 10.2. The van der Waals surface area contributed by atoms with Gasteiger partial charge in [-0.05, 0) is 19.3 Å². The quantitative estimate of drug-likeness (QED) is 0.568. The predicted molar refractivity (Wildman–Crippen MR) is 59.9 cm³/mol. The van der Waals surface area contributed by atoms with E-state index in [0.29, 0.717) is 19.0 Å². The molecule has 1 aromatic rings. The van der Waals surface area contributed by atoms with Gasteiger partial charge in [0.15, 0.2) is 5.82 Å². The first-order chi connectivity index (χ1) is 7.68. The molecule has 0 aliphatic carbocycles. The molecule has 0 radical (unpaired) electrons. The zero-order valence-electron chi connectivity index (χ0n) is 10.2. The Kier molecular flexibility index (Phi) is 5.91. The highest BCUT2D eigenvalue weighted by Gasteiger charge is 1.98. The lowest BCUT2D eigenvalue weighted by molar-refractivity contribution is 0.119. The Balaban J connectivity index is 1.92. The predicted octanol–water partition coefficient (Wildman–Crippen LogP) is -1.12. The standard InChI is InChI=1S/C9H20N6O/c1-14(2)5-7-16-6-4-10-8-9-11-13-15(3)12-9/h10H,4-8H2,1-3H3. The van der Waals surface area contributed by atoms with Gasteiger partial charge in [0, 0.05) is 13.1 Å². The molecule has 0 saturated carbocycles. The van der Waals surface area contributed by atoms with Crippen molar-refractivity contribution in [2.24, 2.45) is 7.05 Å². The minimum atomic E-state index is 0.630. The number of likely N-dealkylation sites (N-methyl/N-ethyl adjacent to an activating group) is 1. The Labute approximate surface area is 95.8 Å². The molecule has 1 N–H and O–H groups in total. The minimum absolute atomic E-state index is 0.630. The Hall–Kier alpha value is -1.05. The van der Waals surface area contributed by atoms with Crippen molar-refractivity contribution in [1.29, 1.82) is 0 Å². The third kappa shape index (κ3) is 5.74. The second kappa shape index (κ2) is 7.26. The van der Waals surface area contributed by atoms with Crippen LogP contribution in [0.4, 0.5) is 0 Å². The van der Waals surface area contributed by atoms with Crippen LogP contribution in [0, 0.1) is 0 Å². The monoisotopic (exact) mass is 228 g/mol. The first kappa shape index (κ1) is 13.0. The molecule has 0 fully saturated rings. The van der Waals surface area contributed by atoms with E-state index in [-0.39, 0.29) is 0 Å². The van der Waals surface area contributed by atoms with Crippen molar-refractivity contribution < 1.29 is 4.74 Å². The van der Waals surface area contributed by atoms with Crippen molar-refractivity contribution >= 4 is 0 Å². The largest absolute Gasteiger partial charge is 0.379 e. The molecule has 0 spiro atoms. The topological polar surface area (TPSA) is 68.1 Å². The molecule has 1 rings (SSSR count). The van der Waals surface area contributed by atoms with Gasteiger partial charge in [-0.25, -0.2) is 0 Å². The summed E-state index contributed by atoms with van der Waals surface area (Å²) in [6.07, 6.45) is 0. The van der Waals surface area contributed by atoms with Gasteiger partial charge in [0.05, 0.1) is 26.8 Å². The molecule has 1 heterocycles. The van der Waals surface area contributed by atoms with Gasteiger partial charge < -0.3 is 15.0 Å². The average molecular weight is 228 g/mol. The number of hydrogen-bond acceptors (Lipinski definition) is 6. The third-order valence-corrected chi connectivity index (χ3v) is 1.94. The number of nitrogens with zero attached hydrogens (tertiary/aromatic N) is 5. The van der Waals surface area contributed by atoms with Crippen LogP contribution >= 0.6 is 0 Å². The number of nitrogens with one attached hydrogen (secondary N) is 1. The maximum absolute atomic E-state index is 5.42. The van der Waals surface area contributed by atoms with Crippen LogP contribution in [0.25, 0.3) is 0 Å². The molecular formula is C9H20N6O. The van der Waals surface area contributed by atoms with Crippen molar-refractivity contribution in [2.45, 2.75) is 6.54 Å². The molecule has 0 saturated heterocycles. The van der Waals surface area contributed by atoms with Gasteiger partial charge in [0.1, 0.15) is 0 Å². The van der Waals surface area contributed by atoms with Crippen LogP contribution < -0.4 is 5.32 Å². The highest BCUT2D eigenvalue weighted by atomic mass is 16.5. The van der Waals surface area contributed by atoms with Gasteiger partial charge in [-0.3, -0.25) is 0 Å². The summed E-state index contributed by atoms with van der Waals surface area (Å²) in [5.41, 5.74) is 0. The van der Waals surface area contributed by atoms with Gasteiger partial charge in [-0.1, -0.05) is 0 Å². The lowest BCUT2D eigenvalue weighted by Gasteiger charge is -2.09. The molecule has 7 heteroatoms. The number of ether oxygens (including phenoxy) is 1. The van der Waals surface area contributed by atoms with Gasteiger partial charge in [0.2, 0.25) is 0 Å². The molecule has 16 heavy (non-hydrogen) atoms. The molecule has 92 valence electrons. The second-order valence-corrected chi connectivity index (χ2v) is 3.79. The second-order valence-electron chi connectivity index (χ2n) is 3.79. The lowest BCUT2D eigenvalue weighted by atomic mass is 10.5. The van der Waals surface area contributed by atoms with E-state index in [1.54, 1.807) is 7.05 Å². The number of hydrogen-bond donors (Lipinski definition) is 1. The summed E-state index contributed by atoms with van der Waals surface area (Å²) in [4.78, 5) is 3.54. The van der Waals surface area contributed by atoms with Crippen LogP contribution in [-0.4, -0.2) is 65.5 Å². The Morgan fingerprint density at radius 2 is 2.19 bits per heavy atom. The molecule has 0 amide bonds. The van der Waals surface area contributed by atoms with Crippen molar-refractivity contribution in [2.75, 3.05) is 40.4 Å². The lowest BCUT2D eigenvalue weighted by Crippen LogP contribution is -2.23. The first-order valence-electron chi connectivity index (χ1n) is 5.34. The van der Waals surface area contributed by atoms with E-state index in [1.165, 1.54) is 4.80 Å². The van der Waals surface area contributed by atoms with Gasteiger partial charge in [0.25, 0.3) is 0 Å². The molecule has 0 aliphatic heterocycles. The highest BCUT2D eigenvalue weighted by Crippen LogP contribution is 1.83. The number of aromatic nitrogens is 4. The number of rotatable bonds is 8. The van der Waals surface area contributed by atoms with Crippen molar-refractivity contribution in [1.82, 2.24) is 30.4 Å². The van der Waals surface area contributed by atoms with Crippen molar-refractivity contribution in [3.8, 4) is 0 Å². The van der Waals surface area contributed by atoms with Crippen LogP contribution in [0.2, 0.25) is 0 Å².